The lowest BCUT2D eigenvalue weighted by atomic mass is 10.1. The molecule has 0 radical (unpaired) electrons. The van der Waals surface area contributed by atoms with Gasteiger partial charge in [0.1, 0.15) is 16.4 Å². The molecule has 6 nitrogen and oxygen atoms in total. The van der Waals surface area contributed by atoms with Gasteiger partial charge in [-0.15, -0.1) is 0 Å². The Morgan fingerprint density at radius 3 is 1.91 bits per heavy atom. The summed E-state index contributed by atoms with van der Waals surface area (Å²) in [7, 11) is 0. The molecule has 8 heteroatoms. The number of benzene rings is 2. The van der Waals surface area contributed by atoms with Gasteiger partial charge in [0.2, 0.25) is 0 Å². The fourth-order valence-electron chi connectivity index (χ4n) is 3.46. The maximum absolute atomic E-state index is 13.5. The molecule has 3 heterocycles. The molecule has 0 saturated carbocycles. The summed E-state index contributed by atoms with van der Waals surface area (Å²) in [5, 5.41) is 1.46. The molecule has 5 rings (SSSR count). The standard InChI is InChI=1S/C26H17N3O3S2/c30-24-21(17-20-14-15-23(32-20)34-22-13-7-8-16-27-22)25(31)29(19-11-5-2-6-12-19)26(33)28(24)18-9-3-1-4-10-18/h1-17H. The van der Waals surface area contributed by atoms with Gasteiger partial charge in [0.25, 0.3) is 11.8 Å². The number of carbonyl (C=O) groups is 2. The average molecular weight is 484 g/mol. The molecule has 1 aliphatic heterocycles. The van der Waals surface area contributed by atoms with Gasteiger partial charge in [0.15, 0.2) is 10.2 Å². The maximum atomic E-state index is 13.5. The third-order valence-corrected chi connectivity index (χ3v) is 6.25. The summed E-state index contributed by atoms with van der Waals surface area (Å²) in [5.74, 6) is -0.642. The van der Waals surface area contributed by atoms with E-state index >= 15 is 0 Å². The third kappa shape index (κ3) is 4.28. The van der Waals surface area contributed by atoms with Crippen molar-refractivity contribution >= 4 is 58.4 Å². The number of nitrogens with zero attached hydrogens (tertiary/aromatic N) is 3. The molecule has 0 unspecified atom stereocenters. The zero-order valence-electron chi connectivity index (χ0n) is 17.7. The van der Waals surface area contributed by atoms with Crippen molar-refractivity contribution in [1.29, 1.82) is 0 Å². The lowest BCUT2D eigenvalue weighted by Gasteiger charge is -2.36. The number of pyridine rings is 1. The van der Waals surface area contributed by atoms with Crippen LogP contribution in [0, 0.1) is 0 Å². The van der Waals surface area contributed by atoms with Crippen LogP contribution in [0.2, 0.25) is 0 Å². The summed E-state index contributed by atoms with van der Waals surface area (Å²) in [4.78, 5) is 34.0. The maximum Gasteiger partial charge on any atom is 0.270 e. The van der Waals surface area contributed by atoms with E-state index in [9.17, 15) is 9.59 Å². The van der Waals surface area contributed by atoms with Crippen LogP contribution in [0.4, 0.5) is 11.4 Å². The van der Waals surface area contributed by atoms with Gasteiger partial charge in [-0.25, -0.2) is 4.98 Å². The minimum Gasteiger partial charge on any atom is -0.450 e. The third-order valence-electron chi connectivity index (χ3n) is 5.01. The van der Waals surface area contributed by atoms with Crippen molar-refractivity contribution in [3.05, 3.63) is 109 Å². The van der Waals surface area contributed by atoms with Crippen molar-refractivity contribution in [2.45, 2.75) is 10.1 Å². The van der Waals surface area contributed by atoms with Crippen LogP contribution in [0.3, 0.4) is 0 Å². The highest BCUT2D eigenvalue weighted by Crippen LogP contribution is 2.32. The minimum atomic E-state index is -0.510. The molecule has 1 saturated heterocycles. The van der Waals surface area contributed by atoms with Gasteiger partial charge in [-0.3, -0.25) is 19.4 Å². The van der Waals surface area contributed by atoms with Crippen LogP contribution in [0.25, 0.3) is 6.08 Å². The van der Waals surface area contributed by atoms with Crippen LogP contribution < -0.4 is 9.80 Å². The predicted molar refractivity (Wildman–Crippen MR) is 135 cm³/mol. The first kappa shape index (κ1) is 21.8. The quantitative estimate of drug-likeness (QED) is 0.210. The zero-order chi connectivity index (χ0) is 23.5. The Morgan fingerprint density at radius 2 is 1.35 bits per heavy atom. The van der Waals surface area contributed by atoms with E-state index in [0.717, 1.165) is 5.03 Å². The zero-order valence-corrected chi connectivity index (χ0v) is 19.3. The minimum absolute atomic E-state index is 0.0509. The molecule has 34 heavy (non-hydrogen) atoms. The molecule has 2 aromatic carbocycles. The van der Waals surface area contributed by atoms with E-state index in [1.54, 1.807) is 42.6 Å². The largest absolute Gasteiger partial charge is 0.450 e. The van der Waals surface area contributed by atoms with E-state index in [4.69, 9.17) is 16.6 Å². The number of thiocarbonyl (C=S) groups is 1. The number of furan rings is 1. The molecular formula is C26H17N3O3S2. The molecule has 0 N–H and O–H groups in total. The second-order valence-corrected chi connectivity index (χ2v) is 8.61. The number of aromatic nitrogens is 1. The van der Waals surface area contributed by atoms with Crippen LogP contribution in [-0.4, -0.2) is 21.9 Å². The Morgan fingerprint density at radius 1 is 0.765 bits per heavy atom. The number of hydrogen-bond donors (Lipinski definition) is 0. The molecule has 0 spiro atoms. The molecular weight excluding hydrogens is 466 g/mol. The predicted octanol–water partition coefficient (Wildman–Crippen LogP) is 5.57. The molecule has 2 aromatic heterocycles. The van der Waals surface area contributed by atoms with Crippen molar-refractivity contribution in [1.82, 2.24) is 4.98 Å². The topological polar surface area (TPSA) is 66.7 Å². The van der Waals surface area contributed by atoms with E-state index in [0.29, 0.717) is 22.2 Å². The van der Waals surface area contributed by atoms with Crippen LogP contribution in [0.1, 0.15) is 5.76 Å². The highest BCUT2D eigenvalue weighted by atomic mass is 32.2. The lowest BCUT2D eigenvalue weighted by molar-refractivity contribution is -0.120. The van der Waals surface area contributed by atoms with Crippen molar-refractivity contribution in [3.63, 3.8) is 0 Å². The Bertz CT molecular complexity index is 1320. The molecule has 1 fully saturated rings. The normalized spacial score (nSPS) is 14.0. The smallest absolute Gasteiger partial charge is 0.270 e. The summed E-state index contributed by atoms with van der Waals surface area (Å²) in [6.07, 6.45) is 3.16. The average Bonchev–Trinajstić information content (AvgIpc) is 3.31. The van der Waals surface area contributed by atoms with Gasteiger partial charge in [-0.1, -0.05) is 42.5 Å². The summed E-state index contributed by atoms with van der Waals surface area (Å²) < 4.78 is 5.87. The molecule has 0 aliphatic carbocycles. The van der Waals surface area contributed by atoms with E-state index in [2.05, 4.69) is 4.98 Å². The first-order chi connectivity index (χ1) is 16.6. The van der Waals surface area contributed by atoms with Crippen LogP contribution >= 0.6 is 24.0 Å². The Labute approximate surface area is 205 Å². The van der Waals surface area contributed by atoms with Gasteiger partial charge in [-0.2, -0.15) is 0 Å². The highest BCUT2D eigenvalue weighted by molar-refractivity contribution is 7.99. The Balaban J connectivity index is 1.54. The fourth-order valence-corrected chi connectivity index (χ4v) is 4.58. The van der Waals surface area contributed by atoms with Gasteiger partial charge in [-0.05, 0) is 78.6 Å². The molecule has 1 aliphatic rings. The van der Waals surface area contributed by atoms with Crippen molar-refractivity contribution < 1.29 is 14.0 Å². The summed E-state index contributed by atoms with van der Waals surface area (Å²) in [6, 6.07) is 27.1. The van der Waals surface area contributed by atoms with Gasteiger partial charge < -0.3 is 4.42 Å². The van der Waals surface area contributed by atoms with E-state index < -0.39 is 11.8 Å². The number of hydrogen-bond acceptors (Lipinski definition) is 6. The monoisotopic (exact) mass is 483 g/mol. The number of para-hydroxylation sites is 2. The van der Waals surface area contributed by atoms with E-state index in [1.165, 1.54) is 27.6 Å². The van der Waals surface area contributed by atoms with Gasteiger partial charge >= 0.3 is 0 Å². The fraction of sp³-hybridized carbons (Fsp3) is 0. The van der Waals surface area contributed by atoms with Crippen molar-refractivity contribution in [3.8, 4) is 0 Å². The number of carbonyl (C=O) groups excluding carboxylic acids is 2. The van der Waals surface area contributed by atoms with Crippen molar-refractivity contribution in [2.75, 3.05) is 9.80 Å². The SMILES string of the molecule is O=C1C(=Cc2ccc(Sc3ccccn3)o2)C(=O)N(c2ccccc2)C(=S)N1c1ccccc1. The van der Waals surface area contributed by atoms with Crippen LogP contribution in [-0.2, 0) is 9.59 Å². The van der Waals surface area contributed by atoms with E-state index in [1.807, 2.05) is 54.6 Å². The summed E-state index contributed by atoms with van der Waals surface area (Å²) >= 11 is 6.96. The van der Waals surface area contributed by atoms with Crippen LogP contribution in [0.5, 0.6) is 0 Å². The Hall–Kier alpha value is -4.01. The number of amides is 2. The van der Waals surface area contributed by atoms with Gasteiger partial charge in [0, 0.05) is 6.20 Å². The van der Waals surface area contributed by atoms with Crippen molar-refractivity contribution in [2.24, 2.45) is 0 Å². The first-order valence-corrected chi connectivity index (χ1v) is 11.6. The molecule has 166 valence electrons. The molecule has 2 amide bonds. The lowest BCUT2D eigenvalue weighted by Crippen LogP contribution is -2.56. The first-order valence-electron chi connectivity index (χ1n) is 10.4. The van der Waals surface area contributed by atoms with E-state index in [-0.39, 0.29) is 10.7 Å². The summed E-state index contributed by atoms with van der Waals surface area (Å²) in [5.41, 5.74) is 1.09. The number of rotatable bonds is 5. The van der Waals surface area contributed by atoms with Gasteiger partial charge in [0.05, 0.1) is 11.4 Å². The molecule has 0 bridgehead atoms. The second-order valence-electron chi connectivity index (χ2n) is 7.22. The molecule has 4 aromatic rings. The second kappa shape index (κ2) is 9.46. The molecule has 0 atom stereocenters. The summed E-state index contributed by atoms with van der Waals surface area (Å²) in [6.45, 7) is 0. The van der Waals surface area contributed by atoms with Crippen LogP contribution in [0.15, 0.2) is 117 Å². The number of anilines is 2. The Kier molecular flexibility index (Phi) is 6.07. The highest BCUT2D eigenvalue weighted by Gasteiger charge is 2.41.